The fourth-order valence-electron chi connectivity index (χ4n) is 2.64. The Balaban J connectivity index is 0.00000256. The van der Waals surface area contributed by atoms with Crippen molar-refractivity contribution >= 4 is 10.2 Å². The molecule has 0 aromatic rings. The molecular formula is C14H31OSi+. The van der Waals surface area contributed by atoms with Crippen LogP contribution in [0.3, 0.4) is 0 Å². The van der Waals surface area contributed by atoms with E-state index in [0.29, 0.717) is 5.22 Å². The summed E-state index contributed by atoms with van der Waals surface area (Å²) < 4.78 is 5.97. The van der Waals surface area contributed by atoms with Gasteiger partial charge in [-0.3, -0.25) is 0 Å². The summed E-state index contributed by atoms with van der Waals surface area (Å²) in [7, 11) is 1.23. The van der Waals surface area contributed by atoms with Gasteiger partial charge in [0.15, 0.2) is 0 Å². The number of ether oxygens (including phenoxy) is 1. The standard InChI is InChI=1S/C14H30OSi/c1-2-3-4-5-6-7-8-11-14(16)12-9-10-13-15-14/h2-13H2,1,16H3/p+1. The molecule has 1 fully saturated rings. The third kappa shape index (κ3) is 6.05. The lowest BCUT2D eigenvalue weighted by molar-refractivity contribution is -0.0240. The van der Waals surface area contributed by atoms with Crippen LogP contribution in [-0.4, -0.2) is 22.1 Å². The number of hydrogen-bond acceptors (Lipinski definition) is 1. The second-order valence-electron chi connectivity index (χ2n) is 5.63. The van der Waals surface area contributed by atoms with E-state index in [2.05, 4.69) is 6.92 Å². The second kappa shape index (κ2) is 8.29. The summed E-state index contributed by atoms with van der Waals surface area (Å²) in [6, 6.07) is 0. The smallest absolute Gasteiger partial charge is 0.380 e. The molecule has 0 aliphatic carbocycles. The third-order valence-corrected chi connectivity index (χ3v) is 5.15. The van der Waals surface area contributed by atoms with Crippen LogP contribution in [0.5, 0.6) is 0 Å². The third-order valence-electron chi connectivity index (χ3n) is 3.86. The average molecular weight is 243 g/mol. The highest BCUT2D eigenvalue weighted by molar-refractivity contribution is 6.14. The van der Waals surface area contributed by atoms with Gasteiger partial charge >= 0.3 is 1.43 Å². The van der Waals surface area contributed by atoms with E-state index in [1.807, 2.05) is 0 Å². The Morgan fingerprint density at radius 2 is 1.75 bits per heavy atom. The molecule has 0 bridgehead atoms. The molecule has 2 heteroatoms. The minimum atomic E-state index is 0. The summed E-state index contributed by atoms with van der Waals surface area (Å²) in [5.74, 6) is 0. The monoisotopic (exact) mass is 243 g/mol. The summed E-state index contributed by atoms with van der Waals surface area (Å²) in [6.45, 7) is 3.31. The highest BCUT2D eigenvalue weighted by atomic mass is 28.1. The molecule has 0 radical (unpaired) electrons. The van der Waals surface area contributed by atoms with Crippen molar-refractivity contribution in [1.82, 2.24) is 0 Å². The van der Waals surface area contributed by atoms with Crippen LogP contribution in [0.25, 0.3) is 0 Å². The van der Waals surface area contributed by atoms with Crippen LogP contribution in [0.2, 0.25) is 0 Å². The fourth-order valence-corrected chi connectivity index (χ4v) is 3.56. The van der Waals surface area contributed by atoms with Gasteiger partial charge in [-0.1, -0.05) is 51.9 Å². The molecule has 1 aliphatic rings. The van der Waals surface area contributed by atoms with Crippen molar-refractivity contribution in [1.29, 1.82) is 0 Å². The summed E-state index contributed by atoms with van der Waals surface area (Å²) in [4.78, 5) is 0. The molecular weight excluding hydrogens is 212 g/mol. The first-order valence-corrected chi connectivity index (χ1v) is 8.41. The first-order valence-electron chi connectivity index (χ1n) is 7.41. The number of rotatable bonds is 8. The van der Waals surface area contributed by atoms with Crippen molar-refractivity contribution in [2.75, 3.05) is 6.61 Å². The van der Waals surface area contributed by atoms with Crippen LogP contribution < -0.4 is 0 Å². The Bertz CT molecular complexity index is 170. The summed E-state index contributed by atoms with van der Waals surface area (Å²) in [5.41, 5.74) is 0. The van der Waals surface area contributed by atoms with E-state index in [0.717, 1.165) is 6.61 Å². The lowest BCUT2D eigenvalue weighted by Crippen LogP contribution is -2.36. The van der Waals surface area contributed by atoms with E-state index in [4.69, 9.17) is 4.74 Å². The zero-order valence-electron chi connectivity index (χ0n) is 12.4. The average Bonchev–Trinajstić information content (AvgIpc) is 2.29. The van der Waals surface area contributed by atoms with E-state index < -0.39 is 0 Å². The molecule has 1 nitrogen and oxygen atoms in total. The largest absolute Gasteiger partial charge is 1.00 e. The van der Waals surface area contributed by atoms with E-state index in [1.54, 1.807) is 0 Å². The van der Waals surface area contributed by atoms with E-state index in [9.17, 15) is 0 Å². The van der Waals surface area contributed by atoms with Gasteiger partial charge in [-0.25, -0.2) is 0 Å². The van der Waals surface area contributed by atoms with Gasteiger partial charge in [0.05, 0.1) is 0 Å². The molecule has 0 aromatic carbocycles. The van der Waals surface area contributed by atoms with Gasteiger partial charge < -0.3 is 4.74 Å². The molecule has 1 aliphatic heterocycles. The zero-order chi connectivity index (χ0) is 11.7. The van der Waals surface area contributed by atoms with Gasteiger partial charge in [-0.05, 0) is 25.7 Å². The van der Waals surface area contributed by atoms with Crippen LogP contribution in [0.1, 0.15) is 79.0 Å². The fraction of sp³-hybridized carbons (Fsp3) is 1.00. The van der Waals surface area contributed by atoms with Crippen molar-refractivity contribution in [2.24, 2.45) is 0 Å². The number of unbranched alkanes of at least 4 members (excludes halogenated alkanes) is 6. The van der Waals surface area contributed by atoms with Gasteiger partial charge in [0.1, 0.15) is 0 Å². The number of hydrogen-bond donors (Lipinski definition) is 0. The Labute approximate surface area is 106 Å². The van der Waals surface area contributed by atoms with Gasteiger partial charge in [-0.2, -0.15) is 0 Å². The Morgan fingerprint density at radius 1 is 1.06 bits per heavy atom. The van der Waals surface area contributed by atoms with Crippen molar-refractivity contribution in [3.8, 4) is 0 Å². The lowest BCUT2D eigenvalue weighted by atomic mass is 10.0. The molecule has 0 aromatic heterocycles. The molecule has 96 valence electrons. The highest BCUT2D eigenvalue weighted by Gasteiger charge is 2.26. The highest BCUT2D eigenvalue weighted by Crippen LogP contribution is 2.27. The van der Waals surface area contributed by atoms with Gasteiger partial charge in [0, 0.05) is 22.1 Å². The van der Waals surface area contributed by atoms with Crippen molar-refractivity contribution in [2.45, 2.75) is 82.8 Å². The SMILES string of the molecule is CCCCCCCCCC1([SiH3])CCCCO1.[H+]. The van der Waals surface area contributed by atoms with Crippen LogP contribution >= 0.6 is 0 Å². The maximum Gasteiger partial charge on any atom is 1.00 e. The summed E-state index contributed by atoms with van der Waals surface area (Å²) in [6.07, 6.45) is 15.3. The first-order chi connectivity index (χ1) is 7.77. The summed E-state index contributed by atoms with van der Waals surface area (Å²) >= 11 is 0. The molecule has 1 atom stereocenters. The molecule has 1 rings (SSSR count). The lowest BCUT2D eigenvalue weighted by Gasteiger charge is -2.34. The molecule has 0 saturated carbocycles. The van der Waals surface area contributed by atoms with E-state index in [-0.39, 0.29) is 1.43 Å². The maximum atomic E-state index is 5.97. The van der Waals surface area contributed by atoms with Gasteiger partial charge in [-0.15, -0.1) is 0 Å². The predicted octanol–water partition coefficient (Wildman–Crippen LogP) is 3.50. The van der Waals surface area contributed by atoms with Crippen LogP contribution in [-0.2, 0) is 4.74 Å². The molecule has 1 heterocycles. The van der Waals surface area contributed by atoms with Crippen molar-refractivity contribution in [3.05, 3.63) is 0 Å². The van der Waals surface area contributed by atoms with Gasteiger partial charge in [0.2, 0.25) is 0 Å². The first kappa shape index (κ1) is 14.2. The maximum absolute atomic E-state index is 5.97. The van der Waals surface area contributed by atoms with Crippen molar-refractivity contribution < 1.29 is 6.16 Å². The normalized spacial score (nSPS) is 26.1. The predicted molar refractivity (Wildman–Crippen MR) is 76.2 cm³/mol. The van der Waals surface area contributed by atoms with Crippen LogP contribution in [0, 0.1) is 0 Å². The molecule has 1 unspecified atom stereocenters. The molecule has 0 amide bonds. The Morgan fingerprint density at radius 3 is 2.38 bits per heavy atom. The van der Waals surface area contributed by atoms with Crippen molar-refractivity contribution in [3.63, 3.8) is 0 Å². The Hall–Kier alpha value is 0.177. The topological polar surface area (TPSA) is 9.23 Å². The zero-order valence-corrected chi connectivity index (χ0v) is 13.4. The van der Waals surface area contributed by atoms with E-state index >= 15 is 0 Å². The molecule has 16 heavy (non-hydrogen) atoms. The molecule has 0 N–H and O–H groups in total. The minimum absolute atomic E-state index is 0. The minimum Gasteiger partial charge on any atom is -0.380 e. The van der Waals surface area contributed by atoms with Crippen LogP contribution in [0.4, 0.5) is 0 Å². The molecule has 0 spiro atoms. The van der Waals surface area contributed by atoms with Gasteiger partial charge in [0.25, 0.3) is 0 Å². The van der Waals surface area contributed by atoms with Crippen LogP contribution in [0.15, 0.2) is 0 Å². The second-order valence-corrected chi connectivity index (χ2v) is 7.45. The summed E-state index contributed by atoms with van der Waals surface area (Å²) in [5, 5.41) is 0.363. The quantitative estimate of drug-likeness (QED) is 0.468. The van der Waals surface area contributed by atoms with E-state index in [1.165, 1.54) is 80.9 Å². The molecule has 1 saturated heterocycles. The Kier molecular flexibility index (Phi) is 7.38.